The Hall–Kier alpha value is -2.06. The van der Waals surface area contributed by atoms with E-state index in [1.165, 1.54) is 12.3 Å². The molecule has 0 heterocycles. The summed E-state index contributed by atoms with van der Waals surface area (Å²) >= 11 is 6.54. The second kappa shape index (κ2) is 8.70. The summed E-state index contributed by atoms with van der Waals surface area (Å²) in [6, 6.07) is 10.1. The number of carbonyl (C=O) groups is 1. The maximum atomic E-state index is 11.7. The minimum atomic E-state index is -0.396. The lowest BCUT2D eigenvalue weighted by molar-refractivity contribution is -0.123. The Kier molecular flexibility index (Phi) is 6.62. The topological polar surface area (TPSA) is 80.2 Å². The van der Waals surface area contributed by atoms with Gasteiger partial charge in [-0.15, -0.1) is 0 Å². The molecule has 2 aromatic rings. The van der Waals surface area contributed by atoms with E-state index in [-0.39, 0.29) is 12.4 Å². The van der Waals surface area contributed by atoms with E-state index >= 15 is 0 Å². The fraction of sp³-hybridized carbons (Fsp3) is 0.125. The van der Waals surface area contributed by atoms with Gasteiger partial charge in [0, 0.05) is 0 Å². The molecule has 0 unspecified atom stereocenters. The third kappa shape index (κ3) is 5.24. The fourth-order valence-electron chi connectivity index (χ4n) is 1.68. The Morgan fingerprint density at radius 2 is 2.04 bits per heavy atom. The largest absolute Gasteiger partial charge is 0.507 e. The SMILES string of the molecule is COc1ccc(OCC(=O)N/N=C/c2ccc(O)c(Br)c2)c(Br)c1. The van der Waals surface area contributed by atoms with Crippen LogP contribution in [0.1, 0.15) is 5.56 Å². The summed E-state index contributed by atoms with van der Waals surface area (Å²) in [5, 5.41) is 13.2. The molecule has 0 atom stereocenters. The number of carbonyl (C=O) groups excluding carboxylic acids is 1. The maximum absolute atomic E-state index is 11.7. The predicted molar refractivity (Wildman–Crippen MR) is 97.7 cm³/mol. The van der Waals surface area contributed by atoms with Crippen LogP contribution in [0, 0.1) is 0 Å². The Labute approximate surface area is 155 Å². The van der Waals surface area contributed by atoms with Crippen LogP contribution >= 0.6 is 31.9 Å². The van der Waals surface area contributed by atoms with Gasteiger partial charge in [-0.05, 0) is 73.8 Å². The van der Waals surface area contributed by atoms with E-state index < -0.39 is 5.91 Å². The zero-order chi connectivity index (χ0) is 17.5. The number of phenolic OH excluding ortho intramolecular Hbond substituents is 1. The molecule has 0 aromatic heterocycles. The molecule has 2 aromatic carbocycles. The van der Waals surface area contributed by atoms with Crippen LogP contribution in [-0.2, 0) is 4.79 Å². The highest BCUT2D eigenvalue weighted by Crippen LogP contribution is 2.29. The third-order valence-electron chi connectivity index (χ3n) is 2.87. The first-order chi connectivity index (χ1) is 11.5. The van der Waals surface area contributed by atoms with Gasteiger partial charge in [0.15, 0.2) is 6.61 Å². The molecule has 0 fully saturated rings. The van der Waals surface area contributed by atoms with Crippen LogP contribution in [0.5, 0.6) is 17.2 Å². The molecule has 8 heteroatoms. The molecule has 1 amide bonds. The van der Waals surface area contributed by atoms with Crippen molar-refractivity contribution in [1.29, 1.82) is 0 Å². The van der Waals surface area contributed by atoms with Crippen molar-refractivity contribution in [3.63, 3.8) is 0 Å². The van der Waals surface area contributed by atoms with Crippen molar-refractivity contribution in [3.05, 3.63) is 50.9 Å². The molecular weight excluding hydrogens is 444 g/mol. The number of nitrogens with zero attached hydrogens (tertiary/aromatic N) is 1. The molecule has 126 valence electrons. The van der Waals surface area contributed by atoms with Gasteiger partial charge in [0.2, 0.25) is 0 Å². The second-order valence-electron chi connectivity index (χ2n) is 4.59. The lowest BCUT2D eigenvalue weighted by atomic mass is 10.2. The Balaban J connectivity index is 1.85. The van der Waals surface area contributed by atoms with Gasteiger partial charge in [-0.3, -0.25) is 4.79 Å². The number of hydrogen-bond donors (Lipinski definition) is 2. The van der Waals surface area contributed by atoms with Crippen molar-refractivity contribution in [2.75, 3.05) is 13.7 Å². The molecule has 0 aliphatic carbocycles. The number of benzene rings is 2. The summed E-state index contributed by atoms with van der Waals surface area (Å²) < 4.78 is 11.7. The quantitative estimate of drug-likeness (QED) is 0.514. The average molecular weight is 458 g/mol. The Bertz CT molecular complexity index is 766. The van der Waals surface area contributed by atoms with Gasteiger partial charge in [-0.25, -0.2) is 5.43 Å². The molecule has 2 rings (SSSR count). The molecule has 0 radical (unpaired) electrons. The third-order valence-corrected chi connectivity index (χ3v) is 4.13. The fourth-order valence-corrected chi connectivity index (χ4v) is 2.55. The van der Waals surface area contributed by atoms with Crippen LogP contribution in [-0.4, -0.2) is 30.9 Å². The van der Waals surface area contributed by atoms with Gasteiger partial charge < -0.3 is 14.6 Å². The maximum Gasteiger partial charge on any atom is 0.277 e. The number of hydrazone groups is 1. The number of nitrogens with one attached hydrogen (secondary N) is 1. The lowest BCUT2D eigenvalue weighted by Crippen LogP contribution is -2.24. The Morgan fingerprint density at radius 3 is 2.71 bits per heavy atom. The Morgan fingerprint density at radius 1 is 1.25 bits per heavy atom. The molecule has 0 saturated heterocycles. The van der Waals surface area contributed by atoms with Crippen LogP contribution < -0.4 is 14.9 Å². The predicted octanol–water partition coefficient (Wildman–Crippen LogP) is 3.45. The van der Waals surface area contributed by atoms with E-state index in [9.17, 15) is 9.90 Å². The molecule has 0 aliphatic heterocycles. The van der Waals surface area contributed by atoms with Crippen molar-refractivity contribution in [3.8, 4) is 17.2 Å². The first-order valence-corrected chi connectivity index (χ1v) is 8.35. The molecule has 0 bridgehead atoms. The summed E-state index contributed by atoms with van der Waals surface area (Å²) in [6.45, 7) is -0.179. The van der Waals surface area contributed by atoms with Gasteiger partial charge in [0.25, 0.3) is 5.91 Å². The summed E-state index contributed by atoms with van der Waals surface area (Å²) in [5.41, 5.74) is 3.09. The highest BCUT2D eigenvalue weighted by molar-refractivity contribution is 9.10. The van der Waals surface area contributed by atoms with Crippen LogP contribution in [0.4, 0.5) is 0 Å². The number of phenols is 1. The van der Waals surface area contributed by atoms with E-state index in [4.69, 9.17) is 9.47 Å². The van der Waals surface area contributed by atoms with E-state index in [0.29, 0.717) is 20.4 Å². The molecule has 24 heavy (non-hydrogen) atoms. The van der Waals surface area contributed by atoms with Gasteiger partial charge in [-0.2, -0.15) is 5.10 Å². The standard InChI is InChI=1S/C16H14Br2N2O4/c1-23-11-3-5-15(13(18)7-11)24-9-16(22)20-19-8-10-2-4-14(21)12(17)6-10/h2-8,21H,9H2,1H3,(H,20,22)/b19-8+. The number of halogens is 2. The monoisotopic (exact) mass is 456 g/mol. The number of amides is 1. The van der Waals surface area contributed by atoms with Crippen LogP contribution in [0.25, 0.3) is 0 Å². The van der Waals surface area contributed by atoms with Gasteiger partial charge >= 0.3 is 0 Å². The first-order valence-electron chi connectivity index (χ1n) is 6.76. The average Bonchev–Trinajstić information content (AvgIpc) is 2.57. The van der Waals surface area contributed by atoms with E-state index in [1.54, 1.807) is 37.4 Å². The number of rotatable bonds is 6. The van der Waals surface area contributed by atoms with Crippen molar-refractivity contribution in [1.82, 2.24) is 5.43 Å². The summed E-state index contributed by atoms with van der Waals surface area (Å²) in [7, 11) is 1.57. The second-order valence-corrected chi connectivity index (χ2v) is 6.30. The van der Waals surface area contributed by atoms with Crippen molar-refractivity contribution < 1.29 is 19.4 Å². The van der Waals surface area contributed by atoms with E-state index in [2.05, 4.69) is 42.4 Å². The zero-order valence-electron chi connectivity index (χ0n) is 12.6. The molecule has 2 N–H and O–H groups in total. The van der Waals surface area contributed by atoms with Gasteiger partial charge in [-0.1, -0.05) is 0 Å². The minimum Gasteiger partial charge on any atom is -0.507 e. The number of aromatic hydroxyl groups is 1. The highest BCUT2D eigenvalue weighted by atomic mass is 79.9. The molecule has 6 nitrogen and oxygen atoms in total. The smallest absolute Gasteiger partial charge is 0.277 e. The summed E-state index contributed by atoms with van der Waals surface area (Å²) in [4.78, 5) is 11.7. The first kappa shape index (κ1) is 18.3. The van der Waals surface area contributed by atoms with Crippen LogP contribution in [0.15, 0.2) is 50.4 Å². The van der Waals surface area contributed by atoms with Crippen LogP contribution in [0.3, 0.4) is 0 Å². The number of methoxy groups -OCH3 is 1. The summed E-state index contributed by atoms with van der Waals surface area (Å²) in [6.07, 6.45) is 1.46. The van der Waals surface area contributed by atoms with E-state index in [0.717, 1.165) is 5.56 Å². The molecule has 0 spiro atoms. The molecule has 0 aliphatic rings. The van der Waals surface area contributed by atoms with Crippen LogP contribution in [0.2, 0.25) is 0 Å². The highest BCUT2D eigenvalue weighted by Gasteiger charge is 2.06. The van der Waals surface area contributed by atoms with Crippen molar-refractivity contribution >= 4 is 44.0 Å². The minimum absolute atomic E-state index is 0.134. The van der Waals surface area contributed by atoms with Crippen molar-refractivity contribution in [2.24, 2.45) is 5.10 Å². The van der Waals surface area contributed by atoms with Gasteiger partial charge in [0.05, 0.1) is 22.3 Å². The van der Waals surface area contributed by atoms with Gasteiger partial charge in [0.1, 0.15) is 17.2 Å². The zero-order valence-corrected chi connectivity index (χ0v) is 15.8. The normalized spacial score (nSPS) is 10.6. The number of hydrogen-bond acceptors (Lipinski definition) is 5. The molecular formula is C16H14Br2N2O4. The lowest BCUT2D eigenvalue weighted by Gasteiger charge is -2.08. The van der Waals surface area contributed by atoms with Crippen molar-refractivity contribution in [2.45, 2.75) is 0 Å². The number of ether oxygens (including phenoxy) is 2. The molecule has 0 saturated carbocycles. The summed E-state index contributed by atoms with van der Waals surface area (Å²) in [5.74, 6) is 0.946. The van der Waals surface area contributed by atoms with E-state index in [1.807, 2.05) is 0 Å².